The molecule has 2 aliphatic heterocycles. The van der Waals surface area contributed by atoms with Crippen LogP contribution in [0.25, 0.3) is 0 Å². The van der Waals surface area contributed by atoms with Crippen LogP contribution in [0, 0.1) is 0 Å². The zero-order valence-corrected chi connectivity index (χ0v) is 15.8. The molecule has 130 valence electrons. The topological polar surface area (TPSA) is 50.8 Å². The van der Waals surface area contributed by atoms with Crippen molar-refractivity contribution in [1.82, 2.24) is 0 Å². The number of halogens is 1. The van der Waals surface area contributed by atoms with Gasteiger partial charge in [0.05, 0.1) is 15.0 Å². The number of hydrogen-bond acceptors (Lipinski definition) is 5. The third-order valence-electron chi connectivity index (χ3n) is 4.42. The molecule has 1 aromatic heterocycles. The number of benzene rings is 2. The van der Waals surface area contributed by atoms with Crippen LogP contribution in [-0.4, -0.2) is 12.7 Å². The first-order valence-electron chi connectivity index (χ1n) is 8.05. The lowest BCUT2D eigenvalue weighted by molar-refractivity contribution is 0.0975. The van der Waals surface area contributed by atoms with E-state index < -0.39 is 0 Å². The van der Waals surface area contributed by atoms with E-state index in [1.54, 1.807) is 16.2 Å². The first-order chi connectivity index (χ1) is 12.7. The van der Waals surface area contributed by atoms with Crippen molar-refractivity contribution in [3.8, 4) is 11.5 Å². The molecule has 3 aromatic rings. The highest BCUT2D eigenvalue weighted by Gasteiger charge is 2.35. The summed E-state index contributed by atoms with van der Waals surface area (Å²) in [6.07, 6.45) is -0.297. The van der Waals surface area contributed by atoms with Gasteiger partial charge in [-0.05, 0) is 52.3 Å². The third kappa shape index (κ3) is 2.47. The number of rotatable bonds is 2. The van der Waals surface area contributed by atoms with E-state index in [9.17, 15) is 4.79 Å². The van der Waals surface area contributed by atoms with Crippen LogP contribution >= 0.6 is 27.3 Å². The minimum atomic E-state index is -0.297. The lowest BCUT2D eigenvalue weighted by Crippen LogP contribution is -2.42. The van der Waals surface area contributed by atoms with Crippen LogP contribution in [0.4, 0.5) is 11.4 Å². The summed E-state index contributed by atoms with van der Waals surface area (Å²) in [5.74, 6) is 1.30. The van der Waals surface area contributed by atoms with Gasteiger partial charge in [-0.1, -0.05) is 12.1 Å². The fourth-order valence-corrected chi connectivity index (χ4v) is 4.70. The molecule has 5 nitrogen and oxygen atoms in total. The van der Waals surface area contributed by atoms with Gasteiger partial charge in [-0.2, -0.15) is 0 Å². The second-order valence-electron chi connectivity index (χ2n) is 5.95. The highest BCUT2D eigenvalue weighted by atomic mass is 79.9. The van der Waals surface area contributed by atoms with Crippen molar-refractivity contribution in [2.24, 2.45) is 0 Å². The molecule has 3 heterocycles. The van der Waals surface area contributed by atoms with E-state index in [4.69, 9.17) is 9.47 Å². The summed E-state index contributed by atoms with van der Waals surface area (Å²) < 4.78 is 11.9. The summed E-state index contributed by atoms with van der Waals surface area (Å²) >= 11 is 5.11. The maximum absolute atomic E-state index is 13.3. The minimum Gasteiger partial charge on any atom is -0.454 e. The Balaban J connectivity index is 1.65. The number of carbonyl (C=O) groups excluding carboxylic acids is 1. The number of nitrogens with zero attached hydrogens (tertiary/aromatic N) is 1. The summed E-state index contributed by atoms with van der Waals surface area (Å²) in [4.78, 5) is 16.1. The number of ether oxygens (including phenoxy) is 2. The second-order valence-corrected chi connectivity index (χ2v) is 8.44. The van der Waals surface area contributed by atoms with Gasteiger partial charge in [0, 0.05) is 16.6 Å². The molecule has 0 bridgehead atoms. The molecule has 0 fully saturated rings. The molecular formula is C19H13BrN2O3S. The molecular weight excluding hydrogens is 416 g/mol. The predicted molar refractivity (Wildman–Crippen MR) is 104 cm³/mol. The van der Waals surface area contributed by atoms with Crippen LogP contribution in [-0.2, 0) is 0 Å². The molecule has 0 aliphatic carbocycles. The van der Waals surface area contributed by atoms with Crippen molar-refractivity contribution in [2.75, 3.05) is 17.0 Å². The number of anilines is 2. The van der Waals surface area contributed by atoms with Gasteiger partial charge in [-0.3, -0.25) is 9.69 Å². The zero-order valence-electron chi connectivity index (χ0n) is 13.4. The maximum Gasteiger partial charge on any atom is 0.262 e. The van der Waals surface area contributed by atoms with Crippen LogP contribution in [0.15, 0.2) is 58.4 Å². The van der Waals surface area contributed by atoms with E-state index in [0.717, 1.165) is 20.0 Å². The monoisotopic (exact) mass is 428 g/mol. The predicted octanol–water partition coefficient (Wildman–Crippen LogP) is 5.01. The van der Waals surface area contributed by atoms with Gasteiger partial charge in [-0.25, -0.2) is 0 Å². The Labute approximate surface area is 162 Å². The SMILES string of the molecule is O=C1c2ccccc2N[C@@H](c2ccc(Br)s2)N1c1ccc2c(c1)OCO2. The lowest BCUT2D eigenvalue weighted by Gasteiger charge is -2.37. The third-order valence-corrected chi connectivity index (χ3v) is 6.10. The molecule has 0 spiro atoms. The first kappa shape index (κ1) is 15.7. The lowest BCUT2D eigenvalue weighted by atomic mass is 10.1. The van der Waals surface area contributed by atoms with Crippen molar-refractivity contribution in [2.45, 2.75) is 6.17 Å². The van der Waals surface area contributed by atoms with Gasteiger partial charge in [0.2, 0.25) is 6.79 Å². The number of hydrogen-bond donors (Lipinski definition) is 1. The summed E-state index contributed by atoms with van der Waals surface area (Å²) in [7, 11) is 0. The van der Waals surface area contributed by atoms with Crippen LogP contribution in [0.5, 0.6) is 11.5 Å². The van der Waals surface area contributed by atoms with Gasteiger partial charge in [0.25, 0.3) is 5.91 Å². The fourth-order valence-electron chi connectivity index (χ4n) is 3.23. The number of thiophene rings is 1. The molecule has 1 amide bonds. The van der Waals surface area contributed by atoms with Crippen molar-refractivity contribution >= 4 is 44.5 Å². The molecule has 1 N–H and O–H groups in total. The smallest absolute Gasteiger partial charge is 0.262 e. The fraction of sp³-hybridized carbons (Fsp3) is 0.105. The molecule has 0 unspecified atom stereocenters. The summed E-state index contributed by atoms with van der Waals surface area (Å²) in [6.45, 7) is 0.203. The summed E-state index contributed by atoms with van der Waals surface area (Å²) in [6, 6.07) is 17.2. The standard InChI is InChI=1S/C19H13BrN2O3S/c20-17-8-7-16(26-17)18-21-13-4-2-1-3-12(13)19(23)22(18)11-5-6-14-15(9-11)25-10-24-14/h1-9,18,21H,10H2/t18-/m1/s1. The number of amides is 1. The Bertz CT molecular complexity index is 1020. The van der Waals surface area contributed by atoms with E-state index in [1.165, 1.54) is 0 Å². The quantitative estimate of drug-likeness (QED) is 0.622. The Morgan fingerprint density at radius 2 is 1.92 bits per heavy atom. The minimum absolute atomic E-state index is 0.0484. The Hall–Kier alpha value is -2.51. The van der Waals surface area contributed by atoms with Gasteiger partial charge >= 0.3 is 0 Å². The zero-order chi connectivity index (χ0) is 17.7. The van der Waals surface area contributed by atoms with Crippen molar-refractivity contribution in [3.05, 3.63) is 68.8 Å². The van der Waals surface area contributed by atoms with Crippen LogP contribution in [0.1, 0.15) is 21.4 Å². The van der Waals surface area contributed by atoms with E-state index in [2.05, 4.69) is 21.2 Å². The average Bonchev–Trinajstić information content (AvgIpc) is 3.29. The van der Waals surface area contributed by atoms with Crippen molar-refractivity contribution in [3.63, 3.8) is 0 Å². The van der Waals surface area contributed by atoms with Gasteiger partial charge < -0.3 is 14.8 Å². The molecule has 0 saturated heterocycles. The highest BCUT2D eigenvalue weighted by molar-refractivity contribution is 9.11. The van der Waals surface area contributed by atoms with Crippen LogP contribution in [0.3, 0.4) is 0 Å². The van der Waals surface area contributed by atoms with Gasteiger partial charge in [-0.15, -0.1) is 11.3 Å². The van der Waals surface area contributed by atoms with E-state index in [0.29, 0.717) is 17.1 Å². The van der Waals surface area contributed by atoms with Gasteiger partial charge in [0.1, 0.15) is 6.17 Å². The number of fused-ring (bicyclic) bond motifs is 2. The Morgan fingerprint density at radius 1 is 1.08 bits per heavy atom. The summed E-state index contributed by atoms with van der Waals surface area (Å²) in [5, 5.41) is 3.50. The number of nitrogens with one attached hydrogen (secondary N) is 1. The largest absolute Gasteiger partial charge is 0.454 e. The highest BCUT2D eigenvalue weighted by Crippen LogP contribution is 2.42. The normalized spacial score (nSPS) is 17.8. The van der Waals surface area contributed by atoms with E-state index in [-0.39, 0.29) is 18.9 Å². The van der Waals surface area contributed by atoms with Crippen molar-refractivity contribution < 1.29 is 14.3 Å². The second kappa shape index (κ2) is 6.03. The van der Waals surface area contributed by atoms with Crippen LogP contribution in [0.2, 0.25) is 0 Å². The number of carbonyl (C=O) groups is 1. The summed E-state index contributed by atoms with van der Waals surface area (Å²) in [5.41, 5.74) is 2.25. The van der Waals surface area contributed by atoms with Crippen molar-refractivity contribution in [1.29, 1.82) is 0 Å². The Kier molecular flexibility index (Phi) is 3.65. The van der Waals surface area contributed by atoms with Gasteiger partial charge in [0.15, 0.2) is 11.5 Å². The molecule has 2 aliphatic rings. The van der Waals surface area contributed by atoms with E-state index >= 15 is 0 Å². The average molecular weight is 429 g/mol. The molecule has 0 radical (unpaired) electrons. The molecule has 2 aromatic carbocycles. The first-order valence-corrected chi connectivity index (χ1v) is 9.66. The molecule has 26 heavy (non-hydrogen) atoms. The van der Waals surface area contributed by atoms with E-state index in [1.807, 2.05) is 54.6 Å². The maximum atomic E-state index is 13.3. The number of para-hydroxylation sites is 1. The molecule has 0 saturated carbocycles. The Morgan fingerprint density at radius 3 is 2.77 bits per heavy atom. The molecule has 7 heteroatoms. The molecule has 1 atom stereocenters. The van der Waals surface area contributed by atoms with Crippen LogP contribution < -0.4 is 19.7 Å². The molecule has 5 rings (SSSR count).